The van der Waals surface area contributed by atoms with E-state index in [2.05, 4.69) is 44.9 Å². The molecule has 0 aromatic heterocycles. The van der Waals surface area contributed by atoms with Gasteiger partial charge in [0.15, 0.2) is 0 Å². The second-order valence-corrected chi connectivity index (χ2v) is 6.49. The van der Waals surface area contributed by atoms with E-state index < -0.39 is 0 Å². The van der Waals surface area contributed by atoms with Crippen molar-refractivity contribution in [1.29, 1.82) is 0 Å². The Hall–Kier alpha value is 0.700. The smallest absolute Gasteiger partial charge is 0.0567 e. The van der Waals surface area contributed by atoms with Gasteiger partial charge in [-0.25, -0.2) is 0 Å². The number of hydrogen-bond donors (Lipinski definition) is 0. The highest BCUT2D eigenvalue weighted by Gasteiger charge is 2.18. The second kappa shape index (κ2) is 5.43. The molecule has 0 bridgehead atoms. The van der Waals surface area contributed by atoms with Crippen LogP contribution < -0.4 is 0 Å². The number of rotatable bonds is 2. The SMILES string of the molecule is CC(C=C(Br)Br)C1CCCCC1. The molecule has 2 heteroatoms. The van der Waals surface area contributed by atoms with Gasteiger partial charge in [0.2, 0.25) is 0 Å². The molecule has 1 rings (SSSR count). The summed E-state index contributed by atoms with van der Waals surface area (Å²) in [5, 5.41) is 0. The third-order valence-corrected chi connectivity index (χ3v) is 3.31. The summed E-state index contributed by atoms with van der Waals surface area (Å²) in [4.78, 5) is 0. The summed E-state index contributed by atoms with van der Waals surface area (Å²) in [5.74, 6) is 1.64. The molecule has 0 radical (unpaired) electrons. The fourth-order valence-electron chi connectivity index (χ4n) is 1.99. The quantitative estimate of drug-likeness (QED) is 0.684. The largest absolute Gasteiger partial charge is 0.0601 e. The van der Waals surface area contributed by atoms with Crippen molar-refractivity contribution in [2.24, 2.45) is 11.8 Å². The minimum Gasteiger partial charge on any atom is -0.0601 e. The molecule has 1 aliphatic carbocycles. The summed E-state index contributed by atoms with van der Waals surface area (Å²) in [6.07, 6.45) is 9.43. The van der Waals surface area contributed by atoms with Crippen molar-refractivity contribution in [2.45, 2.75) is 39.0 Å². The van der Waals surface area contributed by atoms with Crippen LogP contribution >= 0.6 is 31.9 Å². The summed E-state index contributed by atoms with van der Waals surface area (Å²) in [6, 6.07) is 0. The lowest BCUT2D eigenvalue weighted by Gasteiger charge is -2.25. The molecule has 1 atom stereocenters. The van der Waals surface area contributed by atoms with Crippen LogP contribution in [0.15, 0.2) is 9.47 Å². The summed E-state index contributed by atoms with van der Waals surface area (Å²) in [6.45, 7) is 2.32. The first-order valence-corrected chi connectivity index (χ1v) is 6.31. The first-order chi connectivity index (χ1) is 5.70. The summed E-state index contributed by atoms with van der Waals surface area (Å²) in [7, 11) is 0. The number of hydrogen-bond acceptors (Lipinski definition) is 0. The van der Waals surface area contributed by atoms with E-state index in [-0.39, 0.29) is 0 Å². The van der Waals surface area contributed by atoms with Crippen LogP contribution in [-0.4, -0.2) is 0 Å². The lowest BCUT2D eigenvalue weighted by molar-refractivity contribution is 0.300. The molecule has 0 heterocycles. The molecule has 0 amide bonds. The average molecular weight is 296 g/mol. The molecular weight excluding hydrogens is 280 g/mol. The van der Waals surface area contributed by atoms with E-state index in [0.717, 1.165) is 15.2 Å². The Morgan fingerprint density at radius 1 is 1.25 bits per heavy atom. The average Bonchev–Trinajstić information content (AvgIpc) is 2.05. The van der Waals surface area contributed by atoms with Crippen LogP contribution in [0.4, 0.5) is 0 Å². The fourth-order valence-corrected chi connectivity index (χ4v) is 2.83. The van der Waals surface area contributed by atoms with Gasteiger partial charge >= 0.3 is 0 Å². The Labute approximate surface area is 92.1 Å². The van der Waals surface area contributed by atoms with Crippen LogP contribution in [0.3, 0.4) is 0 Å². The van der Waals surface area contributed by atoms with Crippen LogP contribution in [0.5, 0.6) is 0 Å². The third-order valence-electron chi connectivity index (χ3n) is 2.78. The molecule has 0 spiro atoms. The second-order valence-electron chi connectivity index (χ2n) is 3.71. The van der Waals surface area contributed by atoms with E-state index in [1.165, 1.54) is 32.1 Å². The highest BCUT2D eigenvalue weighted by molar-refractivity contribution is 9.28. The van der Waals surface area contributed by atoms with Gasteiger partial charge in [-0.05, 0) is 56.5 Å². The molecule has 1 aliphatic rings. The molecule has 12 heavy (non-hydrogen) atoms. The standard InChI is InChI=1S/C10H16Br2/c1-8(7-10(11)12)9-5-3-2-4-6-9/h7-9H,2-6H2,1H3. The Bertz CT molecular complexity index is 153. The monoisotopic (exact) mass is 294 g/mol. The molecule has 0 aliphatic heterocycles. The van der Waals surface area contributed by atoms with Crippen LogP contribution in [0.25, 0.3) is 0 Å². The predicted octanol–water partition coefficient (Wildman–Crippen LogP) is 4.83. The zero-order valence-electron chi connectivity index (χ0n) is 7.52. The maximum Gasteiger partial charge on any atom is 0.0567 e. The summed E-state index contributed by atoms with van der Waals surface area (Å²) >= 11 is 6.84. The van der Waals surface area contributed by atoms with Crippen molar-refractivity contribution in [1.82, 2.24) is 0 Å². The normalized spacial score (nSPS) is 21.9. The number of halogens is 2. The zero-order chi connectivity index (χ0) is 8.97. The van der Waals surface area contributed by atoms with Crippen LogP contribution in [0, 0.1) is 11.8 Å². The van der Waals surface area contributed by atoms with E-state index in [4.69, 9.17) is 0 Å². The van der Waals surface area contributed by atoms with Gasteiger partial charge in [0.25, 0.3) is 0 Å². The van der Waals surface area contributed by atoms with Crippen molar-refractivity contribution in [3.8, 4) is 0 Å². The van der Waals surface area contributed by atoms with Gasteiger partial charge in [0.05, 0.1) is 3.39 Å². The molecule has 70 valence electrons. The summed E-state index contributed by atoms with van der Waals surface area (Å²) < 4.78 is 1.10. The molecule has 0 nitrogen and oxygen atoms in total. The van der Waals surface area contributed by atoms with Crippen molar-refractivity contribution >= 4 is 31.9 Å². The maximum absolute atomic E-state index is 3.42. The van der Waals surface area contributed by atoms with Gasteiger partial charge in [-0.1, -0.05) is 32.3 Å². The first kappa shape index (κ1) is 10.8. The van der Waals surface area contributed by atoms with E-state index in [1.807, 2.05) is 0 Å². The fraction of sp³-hybridized carbons (Fsp3) is 0.800. The highest BCUT2D eigenvalue weighted by Crippen LogP contribution is 2.32. The number of allylic oxidation sites excluding steroid dienone is 1. The Kier molecular flexibility index (Phi) is 4.88. The molecule has 1 saturated carbocycles. The molecule has 0 aromatic carbocycles. The zero-order valence-corrected chi connectivity index (χ0v) is 10.7. The first-order valence-electron chi connectivity index (χ1n) is 4.73. The van der Waals surface area contributed by atoms with E-state index >= 15 is 0 Å². The van der Waals surface area contributed by atoms with Crippen LogP contribution in [0.2, 0.25) is 0 Å². The van der Waals surface area contributed by atoms with Gasteiger partial charge < -0.3 is 0 Å². The minimum atomic E-state index is 0.721. The van der Waals surface area contributed by atoms with Gasteiger partial charge in [0.1, 0.15) is 0 Å². The highest BCUT2D eigenvalue weighted by atomic mass is 79.9. The Balaban J connectivity index is 2.39. The topological polar surface area (TPSA) is 0 Å². The molecule has 0 aromatic rings. The van der Waals surface area contributed by atoms with E-state index in [9.17, 15) is 0 Å². The van der Waals surface area contributed by atoms with Crippen molar-refractivity contribution < 1.29 is 0 Å². The minimum absolute atomic E-state index is 0.721. The maximum atomic E-state index is 3.42. The van der Waals surface area contributed by atoms with Gasteiger partial charge in [-0.3, -0.25) is 0 Å². The van der Waals surface area contributed by atoms with E-state index in [1.54, 1.807) is 0 Å². The van der Waals surface area contributed by atoms with Gasteiger partial charge in [-0.15, -0.1) is 0 Å². The van der Waals surface area contributed by atoms with Gasteiger partial charge in [0, 0.05) is 0 Å². The summed E-state index contributed by atoms with van der Waals surface area (Å²) in [5.41, 5.74) is 0. The molecular formula is C10H16Br2. The molecule has 0 saturated heterocycles. The van der Waals surface area contributed by atoms with Crippen molar-refractivity contribution in [3.05, 3.63) is 9.47 Å². The predicted molar refractivity (Wildman–Crippen MR) is 61.7 cm³/mol. The van der Waals surface area contributed by atoms with Crippen molar-refractivity contribution in [3.63, 3.8) is 0 Å². The van der Waals surface area contributed by atoms with Crippen molar-refractivity contribution in [2.75, 3.05) is 0 Å². The third kappa shape index (κ3) is 3.61. The van der Waals surface area contributed by atoms with E-state index in [0.29, 0.717) is 0 Å². The Morgan fingerprint density at radius 2 is 1.83 bits per heavy atom. The lowest BCUT2D eigenvalue weighted by Crippen LogP contribution is -2.13. The van der Waals surface area contributed by atoms with Crippen LogP contribution in [-0.2, 0) is 0 Å². The molecule has 0 N–H and O–H groups in total. The van der Waals surface area contributed by atoms with Crippen LogP contribution in [0.1, 0.15) is 39.0 Å². The lowest BCUT2D eigenvalue weighted by atomic mass is 9.81. The molecule has 1 fully saturated rings. The van der Waals surface area contributed by atoms with Gasteiger partial charge in [-0.2, -0.15) is 0 Å². The molecule has 1 unspecified atom stereocenters. The Morgan fingerprint density at radius 3 is 2.33 bits per heavy atom.